The molecule has 19 heavy (non-hydrogen) atoms. The van der Waals surface area contributed by atoms with E-state index < -0.39 is 0 Å². The highest BCUT2D eigenvalue weighted by Gasteiger charge is 2.28. The monoisotopic (exact) mass is 290 g/mol. The first-order valence-corrected chi connectivity index (χ1v) is 7.49. The number of hydrogen-bond donors (Lipinski definition) is 2. The lowest BCUT2D eigenvalue weighted by molar-refractivity contribution is -0.123. The molecule has 0 aliphatic heterocycles. The van der Waals surface area contributed by atoms with Crippen LogP contribution in [0.15, 0.2) is 0 Å². The van der Waals surface area contributed by atoms with Gasteiger partial charge in [0, 0.05) is 13.0 Å². The van der Waals surface area contributed by atoms with Crippen LogP contribution in [-0.4, -0.2) is 18.0 Å². The number of hydrogen-bond acceptors (Lipinski definition) is 2. The Morgan fingerprint density at radius 3 is 2.42 bits per heavy atom. The third-order valence-electron chi connectivity index (χ3n) is 4.61. The Kier molecular flexibility index (Phi) is 8.67. The summed E-state index contributed by atoms with van der Waals surface area (Å²) in [7, 11) is 0. The molecule has 1 unspecified atom stereocenters. The SMILES string of the molecule is CC(C)C(C)(CN)NC(=O)CCCC1CCCC1.Cl. The molecule has 0 spiro atoms. The molecule has 1 fully saturated rings. The largest absolute Gasteiger partial charge is 0.349 e. The molecule has 1 atom stereocenters. The van der Waals surface area contributed by atoms with Crippen LogP contribution in [-0.2, 0) is 4.79 Å². The van der Waals surface area contributed by atoms with Gasteiger partial charge in [-0.1, -0.05) is 39.5 Å². The van der Waals surface area contributed by atoms with E-state index in [-0.39, 0.29) is 23.9 Å². The molecule has 0 aromatic heterocycles. The van der Waals surface area contributed by atoms with E-state index in [0.717, 1.165) is 12.3 Å². The predicted octanol–water partition coefficient (Wildman–Crippen LogP) is 3.26. The van der Waals surface area contributed by atoms with Crippen LogP contribution < -0.4 is 11.1 Å². The van der Waals surface area contributed by atoms with Gasteiger partial charge in [-0.15, -0.1) is 12.4 Å². The van der Waals surface area contributed by atoms with Crippen molar-refractivity contribution in [3.8, 4) is 0 Å². The third kappa shape index (κ3) is 6.13. The average Bonchev–Trinajstić information content (AvgIpc) is 2.81. The highest BCUT2D eigenvalue weighted by molar-refractivity contribution is 5.85. The molecule has 3 nitrogen and oxygen atoms in total. The van der Waals surface area contributed by atoms with Crippen LogP contribution in [0.25, 0.3) is 0 Å². The average molecular weight is 291 g/mol. The summed E-state index contributed by atoms with van der Waals surface area (Å²) in [5, 5.41) is 3.10. The lowest BCUT2D eigenvalue weighted by Gasteiger charge is -2.33. The van der Waals surface area contributed by atoms with Gasteiger partial charge in [0.15, 0.2) is 0 Å². The topological polar surface area (TPSA) is 55.1 Å². The van der Waals surface area contributed by atoms with Gasteiger partial charge in [-0.25, -0.2) is 0 Å². The number of nitrogens with two attached hydrogens (primary N) is 1. The summed E-state index contributed by atoms with van der Waals surface area (Å²) in [6.07, 6.45) is 8.40. The van der Waals surface area contributed by atoms with E-state index in [1.165, 1.54) is 32.1 Å². The minimum atomic E-state index is -0.259. The van der Waals surface area contributed by atoms with Gasteiger partial charge in [0.05, 0.1) is 5.54 Å². The maximum Gasteiger partial charge on any atom is 0.220 e. The maximum atomic E-state index is 11.9. The smallest absolute Gasteiger partial charge is 0.220 e. The van der Waals surface area contributed by atoms with Crippen LogP contribution in [0.4, 0.5) is 0 Å². The molecular weight excluding hydrogens is 260 g/mol. The zero-order valence-corrected chi connectivity index (χ0v) is 13.5. The molecule has 3 N–H and O–H groups in total. The Hall–Kier alpha value is -0.280. The van der Waals surface area contributed by atoms with E-state index in [1.807, 2.05) is 6.92 Å². The number of amides is 1. The van der Waals surface area contributed by atoms with Crippen molar-refractivity contribution in [2.45, 2.75) is 71.3 Å². The van der Waals surface area contributed by atoms with Crippen molar-refractivity contribution in [3.05, 3.63) is 0 Å². The molecule has 0 radical (unpaired) electrons. The normalized spacial score (nSPS) is 19.0. The Labute approximate surface area is 124 Å². The lowest BCUT2D eigenvalue weighted by Crippen LogP contribution is -2.54. The first-order valence-electron chi connectivity index (χ1n) is 7.49. The van der Waals surface area contributed by atoms with Crippen LogP contribution in [0.2, 0.25) is 0 Å². The standard InChI is InChI=1S/C15H30N2O.ClH/c1-12(2)15(3,11-16)17-14(18)10-6-9-13-7-4-5-8-13;/h12-13H,4-11,16H2,1-3H3,(H,17,18);1H. The Morgan fingerprint density at radius 2 is 1.95 bits per heavy atom. The van der Waals surface area contributed by atoms with Gasteiger partial charge in [-0.3, -0.25) is 4.79 Å². The molecule has 1 aliphatic carbocycles. The van der Waals surface area contributed by atoms with Crippen molar-refractivity contribution in [2.75, 3.05) is 6.54 Å². The van der Waals surface area contributed by atoms with E-state index in [2.05, 4.69) is 19.2 Å². The zero-order chi connectivity index (χ0) is 13.6. The molecule has 0 aromatic rings. The molecule has 0 heterocycles. The molecule has 4 heteroatoms. The Bertz CT molecular complexity index is 265. The zero-order valence-electron chi connectivity index (χ0n) is 12.7. The summed E-state index contributed by atoms with van der Waals surface area (Å²) in [6.45, 7) is 6.74. The Balaban J connectivity index is 0.00000324. The number of rotatable bonds is 7. The van der Waals surface area contributed by atoms with Gasteiger partial charge < -0.3 is 11.1 Å². The van der Waals surface area contributed by atoms with E-state index in [0.29, 0.717) is 18.9 Å². The highest BCUT2D eigenvalue weighted by Crippen LogP contribution is 2.28. The Morgan fingerprint density at radius 1 is 1.37 bits per heavy atom. The van der Waals surface area contributed by atoms with Gasteiger partial charge in [-0.2, -0.15) is 0 Å². The predicted molar refractivity (Wildman–Crippen MR) is 83.5 cm³/mol. The molecule has 1 aliphatic rings. The highest BCUT2D eigenvalue weighted by atomic mass is 35.5. The molecule has 1 saturated carbocycles. The summed E-state index contributed by atoms with van der Waals surface area (Å²) in [5.74, 6) is 1.40. The third-order valence-corrected chi connectivity index (χ3v) is 4.61. The van der Waals surface area contributed by atoms with Crippen molar-refractivity contribution >= 4 is 18.3 Å². The summed E-state index contributed by atoms with van der Waals surface area (Å²) < 4.78 is 0. The van der Waals surface area contributed by atoms with Crippen molar-refractivity contribution in [3.63, 3.8) is 0 Å². The molecular formula is C15H31ClN2O. The summed E-state index contributed by atoms with van der Waals surface area (Å²) in [4.78, 5) is 11.9. The van der Waals surface area contributed by atoms with Crippen LogP contribution >= 0.6 is 12.4 Å². The fourth-order valence-corrected chi connectivity index (χ4v) is 2.66. The second kappa shape index (κ2) is 8.80. The van der Waals surface area contributed by atoms with Crippen molar-refractivity contribution in [1.82, 2.24) is 5.32 Å². The van der Waals surface area contributed by atoms with Gasteiger partial charge in [-0.05, 0) is 31.6 Å². The van der Waals surface area contributed by atoms with Crippen LogP contribution in [0.3, 0.4) is 0 Å². The molecule has 0 saturated heterocycles. The molecule has 1 rings (SSSR count). The van der Waals surface area contributed by atoms with Gasteiger partial charge >= 0.3 is 0 Å². The van der Waals surface area contributed by atoms with E-state index >= 15 is 0 Å². The summed E-state index contributed by atoms with van der Waals surface area (Å²) in [6, 6.07) is 0. The van der Waals surface area contributed by atoms with Crippen LogP contribution in [0.5, 0.6) is 0 Å². The lowest BCUT2D eigenvalue weighted by atomic mass is 9.88. The first-order chi connectivity index (χ1) is 8.48. The van der Waals surface area contributed by atoms with Gasteiger partial charge in [0.2, 0.25) is 5.91 Å². The number of nitrogens with one attached hydrogen (secondary N) is 1. The maximum absolute atomic E-state index is 11.9. The number of halogens is 1. The quantitative estimate of drug-likeness (QED) is 0.756. The molecule has 114 valence electrons. The van der Waals surface area contributed by atoms with Crippen molar-refractivity contribution in [1.29, 1.82) is 0 Å². The minimum absolute atomic E-state index is 0. The second-order valence-electron chi connectivity index (χ2n) is 6.37. The van der Waals surface area contributed by atoms with Crippen LogP contribution in [0, 0.1) is 11.8 Å². The minimum Gasteiger partial charge on any atom is -0.349 e. The fourth-order valence-electron chi connectivity index (χ4n) is 2.66. The summed E-state index contributed by atoms with van der Waals surface area (Å²) >= 11 is 0. The molecule has 0 aromatic carbocycles. The van der Waals surface area contributed by atoms with Gasteiger partial charge in [0.25, 0.3) is 0 Å². The number of carbonyl (C=O) groups is 1. The van der Waals surface area contributed by atoms with E-state index in [4.69, 9.17) is 5.73 Å². The van der Waals surface area contributed by atoms with Crippen LogP contribution in [0.1, 0.15) is 65.7 Å². The van der Waals surface area contributed by atoms with E-state index in [1.54, 1.807) is 0 Å². The van der Waals surface area contributed by atoms with Crippen molar-refractivity contribution in [2.24, 2.45) is 17.6 Å². The molecule has 0 bridgehead atoms. The summed E-state index contributed by atoms with van der Waals surface area (Å²) in [5.41, 5.74) is 5.51. The number of carbonyl (C=O) groups excluding carboxylic acids is 1. The first kappa shape index (κ1) is 18.7. The van der Waals surface area contributed by atoms with E-state index in [9.17, 15) is 4.79 Å². The van der Waals surface area contributed by atoms with Crippen molar-refractivity contribution < 1.29 is 4.79 Å². The second-order valence-corrected chi connectivity index (χ2v) is 6.37. The molecule has 1 amide bonds. The van der Waals surface area contributed by atoms with Gasteiger partial charge in [0.1, 0.15) is 0 Å². The fraction of sp³-hybridized carbons (Fsp3) is 0.933.